The molecule has 22 heavy (non-hydrogen) atoms. The number of halogens is 1. The van der Waals surface area contributed by atoms with Crippen molar-refractivity contribution in [1.82, 2.24) is 15.0 Å². The van der Waals surface area contributed by atoms with Gasteiger partial charge in [0.25, 0.3) is 0 Å². The lowest BCUT2D eigenvalue weighted by Crippen LogP contribution is -2.41. The largest absolute Gasteiger partial charge is 0.395 e. The van der Waals surface area contributed by atoms with Gasteiger partial charge in [0.2, 0.25) is 5.89 Å². The smallest absolute Gasteiger partial charge is 0.240 e. The lowest BCUT2D eigenvalue weighted by atomic mass is 10.0. The number of hydrogen-bond acceptors (Lipinski definition) is 5. The molecule has 2 aromatic rings. The van der Waals surface area contributed by atoms with Crippen molar-refractivity contribution in [3.63, 3.8) is 0 Å². The number of hydrogen-bond donors (Lipinski definition) is 1. The first-order chi connectivity index (χ1) is 10.7. The maximum Gasteiger partial charge on any atom is 0.240 e. The van der Waals surface area contributed by atoms with Gasteiger partial charge in [-0.3, -0.25) is 4.90 Å². The molecular formula is C16H20FN3O2. The molecule has 1 aliphatic rings. The Kier molecular flexibility index (Phi) is 4.80. The molecule has 0 bridgehead atoms. The number of aromatic nitrogens is 2. The molecule has 0 unspecified atom stereocenters. The van der Waals surface area contributed by atoms with Crippen LogP contribution in [0.3, 0.4) is 0 Å². The SMILES string of the molecule is OC[C@H]1CCCCN1Cc1nc(Cc2cccc(F)c2)no1. The summed E-state index contributed by atoms with van der Waals surface area (Å²) in [6.07, 6.45) is 3.72. The number of rotatable bonds is 5. The van der Waals surface area contributed by atoms with Crippen molar-refractivity contribution < 1.29 is 14.0 Å². The number of nitrogens with zero attached hydrogens (tertiary/aromatic N) is 3. The van der Waals surface area contributed by atoms with Gasteiger partial charge in [-0.2, -0.15) is 4.98 Å². The predicted molar refractivity (Wildman–Crippen MR) is 78.6 cm³/mol. The molecule has 2 heterocycles. The molecular weight excluding hydrogens is 285 g/mol. The Morgan fingerprint density at radius 2 is 2.27 bits per heavy atom. The molecule has 1 fully saturated rings. The zero-order valence-corrected chi connectivity index (χ0v) is 12.4. The Hall–Kier alpha value is -1.79. The minimum absolute atomic E-state index is 0.157. The quantitative estimate of drug-likeness (QED) is 0.917. The molecule has 3 rings (SSSR count). The second kappa shape index (κ2) is 6.98. The predicted octanol–water partition coefficient (Wildman–Crippen LogP) is 2.15. The van der Waals surface area contributed by atoms with Crippen LogP contribution in [0.25, 0.3) is 0 Å². The van der Waals surface area contributed by atoms with Crippen molar-refractivity contribution >= 4 is 0 Å². The Morgan fingerprint density at radius 3 is 3.09 bits per heavy atom. The number of piperidine rings is 1. The van der Waals surface area contributed by atoms with E-state index in [1.54, 1.807) is 6.07 Å². The molecule has 0 saturated carbocycles. The summed E-state index contributed by atoms with van der Waals surface area (Å²) in [7, 11) is 0. The highest BCUT2D eigenvalue weighted by molar-refractivity contribution is 5.19. The lowest BCUT2D eigenvalue weighted by molar-refractivity contribution is 0.0749. The third kappa shape index (κ3) is 3.69. The first-order valence-corrected chi connectivity index (χ1v) is 7.65. The number of benzene rings is 1. The van der Waals surface area contributed by atoms with E-state index in [-0.39, 0.29) is 18.5 Å². The summed E-state index contributed by atoms with van der Waals surface area (Å²) in [6.45, 7) is 1.65. The van der Waals surface area contributed by atoms with Crippen LogP contribution in [0, 0.1) is 5.82 Å². The van der Waals surface area contributed by atoms with Gasteiger partial charge in [-0.1, -0.05) is 23.7 Å². The standard InChI is InChI=1S/C16H20FN3O2/c17-13-5-3-4-12(8-13)9-15-18-16(22-19-15)10-20-7-2-1-6-14(20)11-21/h3-5,8,14,21H,1-2,6-7,9-11H2/t14-/m1/s1. The van der Waals surface area contributed by atoms with E-state index in [9.17, 15) is 9.50 Å². The van der Waals surface area contributed by atoms with E-state index in [4.69, 9.17) is 4.52 Å². The molecule has 1 aliphatic heterocycles. The van der Waals surface area contributed by atoms with Gasteiger partial charge < -0.3 is 9.63 Å². The summed E-state index contributed by atoms with van der Waals surface area (Å²) in [5.41, 5.74) is 0.818. The average Bonchev–Trinajstić information content (AvgIpc) is 2.95. The molecule has 118 valence electrons. The van der Waals surface area contributed by atoms with Crippen molar-refractivity contribution in [3.05, 3.63) is 47.4 Å². The van der Waals surface area contributed by atoms with Crippen LogP contribution in [0.2, 0.25) is 0 Å². The van der Waals surface area contributed by atoms with Crippen LogP contribution < -0.4 is 0 Å². The van der Waals surface area contributed by atoms with Gasteiger partial charge in [-0.15, -0.1) is 0 Å². The van der Waals surface area contributed by atoms with E-state index in [0.717, 1.165) is 31.4 Å². The summed E-state index contributed by atoms with van der Waals surface area (Å²) in [6, 6.07) is 6.57. The maximum atomic E-state index is 13.2. The minimum atomic E-state index is -0.264. The number of aliphatic hydroxyl groups is 1. The van der Waals surface area contributed by atoms with Crippen LogP contribution in [0.4, 0.5) is 4.39 Å². The molecule has 0 amide bonds. The Balaban J connectivity index is 1.63. The normalized spacial score (nSPS) is 19.5. The van der Waals surface area contributed by atoms with E-state index in [0.29, 0.717) is 24.7 Å². The van der Waals surface area contributed by atoms with Crippen molar-refractivity contribution in [3.8, 4) is 0 Å². The van der Waals surface area contributed by atoms with Crippen molar-refractivity contribution in [1.29, 1.82) is 0 Å². The van der Waals surface area contributed by atoms with E-state index in [1.165, 1.54) is 12.1 Å². The van der Waals surface area contributed by atoms with E-state index in [1.807, 2.05) is 6.07 Å². The molecule has 0 spiro atoms. The zero-order chi connectivity index (χ0) is 15.4. The second-order valence-corrected chi connectivity index (χ2v) is 5.71. The van der Waals surface area contributed by atoms with Crippen molar-refractivity contribution in [2.24, 2.45) is 0 Å². The van der Waals surface area contributed by atoms with E-state index in [2.05, 4.69) is 15.0 Å². The summed E-state index contributed by atoms with van der Waals surface area (Å²) in [5, 5.41) is 13.4. The van der Waals surface area contributed by atoms with Gasteiger partial charge in [-0.05, 0) is 37.1 Å². The van der Waals surface area contributed by atoms with Gasteiger partial charge in [0.1, 0.15) is 5.82 Å². The Morgan fingerprint density at radius 1 is 1.36 bits per heavy atom. The third-order valence-electron chi connectivity index (χ3n) is 4.06. The van der Waals surface area contributed by atoms with Crippen LogP contribution in [0.1, 0.15) is 36.5 Å². The highest BCUT2D eigenvalue weighted by Crippen LogP contribution is 2.19. The van der Waals surface area contributed by atoms with Crippen LogP contribution >= 0.6 is 0 Å². The van der Waals surface area contributed by atoms with Crippen LogP contribution in [0.15, 0.2) is 28.8 Å². The van der Waals surface area contributed by atoms with Crippen LogP contribution in [0.5, 0.6) is 0 Å². The van der Waals surface area contributed by atoms with Gasteiger partial charge >= 0.3 is 0 Å². The topological polar surface area (TPSA) is 62.4 Å². The fraction of sp³-hybridized carbons (Fsp3) is 0.500. The number of aliphatic hydroxyl groups excluding tert-OH is 1. The maximum absolute atomic E-state index is 13.2. The van der Waals surface area contributed by atoms with E-state index < -0.39 is 0 Å². The lowest BCUT2D eigenvalue weighted by Gasteiger charge is -2.33. The first-order valence-electron chi connectivity index (χ1n) is 7.65. The van der Waals surface area contributed by atoms with E-state index >= 15 is 0 Å². The second-order valence-electron chi connectivity index (χ2n) is 5.71. The van der Waals surface area contributed by atoms with Gasteiger partial charge in [0, 0.05) is 12.5 Å². The summed E-state index contributed by atoms with van der Waals surface area (Å²) in [5.74, 6) is 0.838. The fourth-order valence-electron chi connectivity index (χ4n) is 2.90. The fourth-order valence-corrected chi connectivity index (χ4v) is 2.90. The van der Waals surface area contributed by atoms with Gasteiger partial charge in [-0.25, -0.2) is 4.39 Å². The number of likely N-dealkylation sites (tertiary alicyclic amines) is 1. The van der Waals surface area contributed by atoms with Crippen LogP contribution in [-0.4, -0.2) is 39.3 Å². The van der Waals surface area contributed by atoms with Crippen molar-refractivity contribution in [2.45, 2.75) is 38.3 Å². The molecule has 1 atom stereocenters. The molecule has 1 aromatic carbocycles. The molecule has 5 nitrogen and oxygen atoms in total. The molecule has 1 N–H and O–H groups in total. The highest BCUT2D eigenvalue weighted by atomic mass is 19.1. The highest BCUT2D eigenvalue weighted by Gasteiger charge is 2.23. The summed E-state index contributed by atoms with van der Waals surface area (Å²) >= 11 is 0. The van der Waals surface area contributed by atoms with Crippen LogP contribution in [-0.2, 0) is 13.0 Å². The van der Waals surface area contributed by atoms with Gasteiger partial charge in [0.15, 0.2) is 5.82 Å². The average molecular weight is 305 g/mol. The molecule has 6 heteroatoms. The molecule has 1 aromatic heterocycles. The summed E-state index contributed by atoms with van der Waals surface area (Å²) in [4.78, 5) is 6.56. The molecule has 0 aliphatic carbocycles. The zero-order valence-electron chi connectivity index (χ0n) is 12.4. The summed E-state index contributed by atoms with van der Waals surface area (Å²) < 4.78 is 18.5. The molecule has 0 radical (unpaired) electrons. The Labute approximate surface area is 128 Å². The third-order valence-corrected chi connectivity index (χ3v) is 4.06. The van der Waals surface area contributed by atoms with Gasteiger partial charge in [0.05, 0.1) is 13.2 Å². The minimum Gasteiger partial charge on any atom is -0.395 e. The monoisotopic (exact) mass is 305 g/mol. The Bertz CT molecular complexity index is 617. The molecule has 1 saturated heterocycles. The van der Waals surface area contributed by atoms with Crippen molar-refractivity contribution in [2.75, 3.05) is 13.2 Å². The first kappa shape index (κ1) is 15.1.